The zero-order valence-corrected chi connectivity index (χ0v) is 14.9. The Bertz CT molecular complexity index is 936. The number of hydrogen-bond acceptors (Lipinski definition) is 4. The van der Waals surface area contributed by atoms with E-state index in [1.165, 1.54) is 33.3 Å². The van der Waals surface area contributed by atoms with E-state index >= 15 is 0 Å². The number of hydroxylamine groups is 1. The van der Waals surface area contributed by atoms with E-state index in [1.54, 1.807) is 23.5 Å². The van der Waals surface area contributed by atoms with Gasteiger partial charge in [-0.1, -0.05) is 24.3 Å². The fraction of sp³-hybridized carbons (Fsp3) is 0.150. The second-order valence-corrected chi connectivity index (χ2v) is 6.83. The Labute approximate surface area is 154 Å². The van der Waals surface area contributed by atoms with Crippen LogP contribution in [0.2, 0.25) is 0 Å². The van der Waals surface area contributed by atoms with Crippen LogP contribution in [0.3, 0.4) is 0 Å². The number of hydrogen-bond donors (Lipinski definition) is 3. The first-order valence-electron chi connectivity index (χ1n) is 8.23. The molecule has 0 aliphatic carbocycles. The maximum atomic E-state index is 14.1. The van der Waals surface area contributed by atoms with Crippen LogP contribution in [-0.4, -0.2) is 17.7 Å². The Balaban J connectivity index is 1.51. The number of rotatable bonds is 7. The van der Waals surface area contributed by atoms with Crippen LogP contribution in [0.1, 0.15) is 16.7 Å². The van der Waals surface area contributed by atoms with Gasteiger partial charge in [-0.3, -0.25) is 10.0 Å². The van der Waals surface area contributed by atoms with E-state index < -0.39 is 5.91 Å². The Hall–Kier alpha value is -2.54. The highest BCUT2D eigenvalue weighted by atomic mass is 32.1. The molecule has 1 heterocycles. The molecular weight excluding hydrogens is 351 g/mol. The van der Waals surface area contributed by atoms with Gasteiger partial charge in [-0.15, -0.1) is 11.3 Å². The summed E-state index contributed by atoms with van der Waals surface area (Å²) in [5.41, 5.74) is 3.87. The Morgan fingerprint density at radius 2 is 2.08 bits per heavy atom. The summed E-state index contributed by atoms with van der Waals surface area (Å²) in [7, 11) is 0. The van der Waals surface area contributed by atoms with Crippen LogP contribution in [0.4, 0.5) is 4.39 Å². The third-order valence-electron chi connectivity index (χ3n) is 4.04. The minimum absolute atomic E-state index is 0.330. The first-order valence-corrected chi connectivity index (χ1v) is 9.11. The monoisotopic (exact) mass is 370 g/mol. The zero-order valence-electron chi connectivity index (χ0n) is 14.0. The Morgan fingerprint density at radius 1 is 1.19 bits per heavy atom. The highest BCUT2D eigenvalue weighted by molar-refractivity contribution is 7.17. The number of halogens is 1. The number of carbonyl (C=O) groups excluding carboxylic acids is 1. The lowest BCUT2D eigenvalue weighted by Gasteiger charge is -2.07. The smallest absolute Gasteiger partial charge is 0.267 e. The zero-order chi connectivity index (χ0) is 18.4. The molecule has 0 atom stereocenters. The Morgan fingerprint density at radius 3 is 2.88 bits per heavy atom. The SMILES string of the molecule is O=C(/C=C/c1ccc(CNCCc2ccc3ccsc3c2)c(F)c1)NO. The quantitative estimate of drug-likeness (QED) is 0.256. The third-order valence-corrected chi connectivity index (χ3v) is 4.92. The van der Waals surface area contributed by atoms with Gasteiger partial charge in [0.25, 0.3) is 5.91 Å². The van der Waals surface area contributed by atoms with Crippen molar-refractivity contribution in [2.45, 2.75) is 13.0 Å². The fourth-order valence-corrected chi connectivity index (χ4v) is 3.48. The Kier molecular flexibility index (Phi) is 6.12. The van der Waals surface area contributed by atoms with Gasteiger partial charge in [0.15, 0.2) is 0 Å². The van der Waals surface area contributed by atoms with E-state index in [1.807, 2.05) is 0 Å². The highest BCUT2D eigenvalue weighted by Crippen LogP contribution is 2.22. The molecule has 1 aromatic heterocycles. The van der Waals surface area contributed by atoms with Crippen molar-refractivity contribution >= 4 is 33.4 Å². The van der Waals surface area contributed by atoms with Crippen molar-refractivity contribution in [2.24, 2.45) is 0 Å². The van der Waals surface area contributed by atoms with Crippen LogP contribution < -0.4 is 10.8 Å². The molecule has 0 saturated carbocycles. The molecule has 26 heavy (non-hydrogen) atoms. The summed E-state index contributed by atoms with van der Waals surface area (Å²) in [5.74, 6) is -0.985. The topological polar surface area (TPSA) is 61.4 Å². The summed E-state index contributed by atoms with van der Waals surface area (Å²) < 4.78 is 15.4. The van der Waals surface area contributed by atoms with Gasteiger partial charge in [0.2, 0.25) is 0 Å². The van der Waals surface area contributed by atoms with Gasteiger partial charge in [-0.25, -0.2) is 9.87 Å². The molecule has 0 saturated heterocycles. The summed E-state index contributed by atoms with van der Waals surface area (Å²) >= 11 is 1.73. The molecule has 0 unspecified atom stereocenters. The van der Waals surface area contributed by atoms with Gasteiger partial charge < -0.3 is 5.32 Å². The minimum atomic E-state index is -0.656. The fourth-order valence-electron chi connectivity index (χ4n) is 2.63. The number of fused-ring (bicyclic) bond motifs is 1. The molecule has 1 amide bonds. The second kappa shape index (κ2) is 8.71. The molecule has 0 aliphatic heterocycles. The van der Waals surface area contributed by atoms with E-state index in [4.69, 9.17) is 5.21 Å². The van der Waals surface area contributed by atoms with Gasteiger partial charge in [0.1, 0.15) is 5.82 Å². The van der Waals surface area contributed by atoms with E-state index in [0.717, 1.165) is 19.0 Å². The molecule has 3 rings (SSSR count). The average Bonchev–Trinajstić information content (AvgIpc) is 3.12. The van der Waals surface area contributed by atoms with Crippen molar-refractivity contribution in [3.8, 4) is 0 Å². The molecule has 0 radical (unpaired) electrons. The summed E-state index contributed by atoms with van der Waals surface area (Å²) in [4.78, 5) is 10.9. The van der Waals surface area contributed by atoms with E-state index in [-0.39, 0.29) is 5.82 Å². The summed E-state index contributed by atoms with van der Waals surface area (Å²) in [6, 6.07) is 13.3. The van der Waals surface area contributed by atoms with Crippen molar-refractivity contribution in [3.63, 3.8) is 0 Å². The summed E-state index contributed by atoms with van der Waals surface area (Å²) in [6.45, 7) is 1.20. The number of amides is 1. The lowest BCUT2D eigenvalue weighted by atomic mass is 10.1. The largest absolute Gasteiger partial charge is 0.312 e. The van der Waals surface area contributed by atoms with Crippen LogP contribution in [0, 0.1) is 5.82 Å². The maximum Gasteiger partial charge on any atom is 0.267 e. The van der Waals surface area contributed by atoms with Crippen LogP contribution in [0.25, 0.3) is 16.2 Å². The van der Waals surface area contributed by atoms with Crippen LogP contribution in [0.15, 0.2) is 53.9 Å². The van der Waals surface area contributed by atoms with Crippen molar-refractivity contribution in [3.05, 3.63) is 76.4 Å². The predicted octanol–water partition coefficient (Wildman–Crippen LogP) is 3.89. The molecular formula is C20H19FN2O2S. The maximum absolute atomic E-state index is 14.1. The van der Waals surface area contributed by atoms with Gasteiger partial charge in [-0.2, -0.15) is 0 Å². The normalized spacial score (nSPS) is 11.3. The van der Waals surface area contributed by atoms with Crippen LogP contribution in [0.5, 0.6) is 0 Å². The molecule has 0 fully saturated rings. The van der Waals surface area contributed by atoms with Crippen molar-refractivity contribution in [2.75, 3.05) is 6.54 Å². The van der Waals surface area contributed by atoms with E-state index in [9.17, 15) is 9.18 Å². The molecule has 3 aromatic rings. The molecule has 0 bridgehead atoms. The third kappa shape index (κ3) is 4.76. The van der Waals surface area contributed by atoms with Gasteiger partial charge in [0.05, 0.1) is 0 Å². The molecule has 0 aliphatic rings. The van der Waals surface area contributed by atoms with Gasteiger partial charge >= 0.3 is 0 Å². The van der Waals surface area contributed by atoms with Crippen LogP contribution in [-0.2, 0) is 17.8 Å². The standard InChI is InChI=1S/C20H19FN2O2S/c21-18-11-14(3-6-20(24)23-25)2-5-17(18)13-22-9-7-15-1-4-16-8-10-26-19(16)12-15/h1-6,8,10-12,22,25H,7,9,13H2,(H,23,24)/b6-3+. The minimum Gasteiger partial charge on any atom is -0.312 e. The highest BCUT2D eigenvalue weighted by Gasteiger charge is 2.03. The summed E-state index contributed by atoms with van der Waals surface area (Å²) in [6.07, 6.45) is 3.45. The van der Waals surface area contributed by atoms with Crippen molar-refractivity contribution in [1.82, 2.24) is 10.8 Å². The molecule has 4 nitrogen and oxygen atoms in total. The average molecular weight is 370 g/mol. The van der Waals surface area contributed by atoms with Crippen molar-refractivity contribution < 1.29 is 14.4 Å². The first kappa shape index (κ1) is 18.3. The van der Waals surface area contributed by atoms with Crippen molar-refractivity contribution in [1.29, 1.82) is 0 Å². The number of thiophene rings is 1. The number of carbonyl (C=O) groups is 1. The molecule has 134 valence electrons. The number of benzene rings is 2. The number of nitrogens with one attached hydrogen (secondary N) is 2. The lowest BCUT2D eigenvalue weighted by Crippen LogP contribution is -2.17. The molecule has 2 aromatic carbocycles. The van der Waals surface area contributed by atoms with E-state index in [2.05, 4.69) is 35.0 Å². The molecule has 0 spiro atoms. The predicted molar refractivity (Wildman–Crippen MR) is 103 cm³/mol. The van der Waals surface area contributed by atoms with E-state index in [0.29, 0.717) is 17.7 Å². The molecule has 6 heteroatoms. The summed E-state index contributed by atoms with van der Waals surface area (Å²) in [5, 5.41) is 15.0. The second-order valence-electron chi connectivity index (χ2n) is 5.88. The van der Waals surface area contributed by atoms with Gasteiger partial charge in [-0.05, 0) is 59.1 Å². The molecule has 3 N–H and O–H groups in total. The lowest BCUT2D eigenvalue weighted by molar-refractivity contribution is -0.124. The van der Waals surface area contributed by atoms with Gasteiger partial charge in [0, 0.05) is 22.9 Å². The van der Waals surface area contributed by atoms with Crippen LogP contribution >= 0.6 is 11.3 Å². The first-order chi connectivity index (χ1) is 12.7.